The van der Waals surface area contributed by atoms with E-state index in [1.165, 1.54) is 43.7 Å². The van der Waals surface area contributed by atoms with Gasteiger partial charge >= 0.3 is 5.97 Å². The molecular formula is C50H50Cl2F2N2O7. The number of aromatic carboxylic acids is 1. The monoisotopic (exact) mass is 898 g/mol. The van der Waals surface area contributed by atoms with E-state index in [2.05, 4.69) is 18.7 Å². The van der Waals surface area contributed by atoms with Crippen LogP contribution >= 0.6 is 23.2 Å². The molecular weight excluding hydrogens is 849 g/mol. The van der Waals surface area contributed by atoms with Gasteiger partial charge in [0.1, 0.15) is 42.1 Å². The third-order valence-electron chi connectivity index (χ3n) is 9.64. The Bertz CT molecular complexity index is 2480. The average molecular weight is 900 g/mol. The fourth-order valence-corrected chi connectivity index (χ4v) is 6.87. The lowest BCUT2D eigenvalue weighted by molar-refractivity contribution is -0.117. The second-order valence-corrected chi connectivity index (χ2v) is 15.7. The SMILES string of the molecule is CC(=O)CCC(=O)c1cc(Cl)ccc1OCc1ccc(F)cc1.CCC.Cc1ccc(-c2cc(Cl)ccc2OCc2ccc(F)cc2)n1-c1cc(C(=O)O)cc(N2CCOCC2)c1. The minimum atomic E-state index is -0.992. The molecule has 2 heterocycles. The third kappa shape index (κ3) is 14.0. The molecule has 1 aliphatic rings. The molecule has 0 saturated carbocycles. The van der Waals surface area contributed by atoms with Gasteiger partial charge in [0.15, 0.2) is 5.78 Å². The number of halogens is 4. The number of carboxylic acid groups (broad SMARTS) is 1. The Kier molecular flexibility index (Phi) is 17.9. The summed E-state index contributed by atoms with van der Waals surface area (Å²) in [6, 6.07) is 31.6. The van der Waals surface area contributed by atoms with Gasteiger partial charge in [-0.3, -0.25) is 4.79 Å². The van der Waals surface area contributed by atoms with Crippen molar-refractivity contribution in [2.24, 2.45) is 0 Å². The van der Waals surface area contributed by atoms with Crippen LogP contribution in [0.1, 0.15) is 77.6 Å². The van der Waals surface area contributed by atoms with Gasteiger partial charge in [-0.25, -0.2) is 13.6 Å². The number of ether oxygens (including phenoxy) is 3. The molecule has 1 aromatic heterocycles. The number of hydrogen-bond acceptors (Lipinski definition) is 7. The molecule has 0 bridgehead atoms. The molecule has 1 aliphatic heterocycles. The van der Waals surface area contributed by atoms with Crippen LogP contribution in [-0.2, 0) is 22.7 Å². The summed E-state index contributed by atoms with van der Waals surface area (Å²) in [6.45, 7) is 10.7. The lowest BCUT2D eigenvalue weighted by Crippen LogP contribution is -2.36. The summed E-state index contributed by atoms with van der Waals surface area (Å²) in [5.41, 5.74) is 6.22. The molecule has 1 fully saturated rings. The maximum Gasteiger partial charge on any atom is 0.335 e. The molecule has 6 aromatic rings. The van der Waals surface area contributed by atoms with Crippen LogP contribution < -0.4 is 14.4 Å². The summed E-state index contributed by atoms with van der Waals surface area (Å²) in [5.74, 6) is -0.854. The fourth-order valence-electron chi connectivity index (χ4n) is 6.53. The highest BCUT2D eigenvalue weighted by Gasteiger charge is 2.20. The number of carboxylic acids is 1. The summed E-state index contributed by atoms with van der Waals surface area (Å²) in [7, 11) is 0. The van der Waals surface area contributed by atoms with Crippen molar-refractivity contribution in [2.75, 3.05) is 31.2 Å². The van der Waals surface area contributed by atoms with E-state index in [0.717, 1.165) is 39.5 Å². The molecule has 1 N–H and O–H groups in total. The Morgan fingerprint density at radius 1 is 0.698 bits per heavy atom. The molecule has 0 radical (unpaired) electrons. The largest absolute Gasteiger partial charge is 0.488 e. The van der Waals surface area contributed by atoms with Crippen LogP contribution in [0, 0.1) is 18.6 Å². The van der Waals surface area contributed by atoms with Gasteiger partial charge in [-0.05, 0) is 116 Å². The van der Waals surface area contributed by atoms with Crippen molar-refractivity contribution in [1.82, 2.24) is 4.57 Å². The van der Waals surface area contributed by atoms with Gasteiger partial charge in [0, 0.05) is 58.6 Å². The van der Waals surface area contributed by atoms with Crippen LogP contribution in [0.2, 0.25) is 10.0 Å². The number of benzene rings is 5. The first-order chi connectivity index (χ1) is 30.3. The molecule has 0 amide bonds. The normalized spacial score (nSPS) is 12.0. The molecule has 1 saturated heterocycles. The van der Waals surface area contributed by atoms with Crippen LogP contribution in [0.5, 0.6) is 11.5 Å². The molecule has 330 valence electrons. The smallest absolute Gasteiger partial charge is 0.335 e. The topological polar surface area (TPSA) is 107 Å². The first-order valence-electron chi connectivity index (χ1n) is 20.5. The number of carbonyl (C=O) groups excluding carboxylic acids is 2. The summed E-state index contributed by atoms with van der Waals surface area (Å²) >= 11 is 12.3. The number of aromatic nitrogens is 1. The predicted molar refractivity (Wildman–Crippen MR) is 244 cm³/mol. The van der Waals surface area contributed by atoms with Crippen molar-refractivity contribution in [3.05, 3.63) is 165 Å². The van der Waals surface area contributed by atoms with Gasteiger partial charge in [0.2, 0.25) is 0 Å². The number of aryl methyl sites for hydroxylation is 1. The predicted octanol–water partition coefficient (Wildman–Crippen LogP) is 12.4. The Morgan fingerprint density at radius 2 is 1.24 bits per heavy atom. The Hall–Kier alpha value is -6.01. The molecule has 0 aliphatic carbocycles. The molecule has 13 heteroatoms. The number of ketones is 2. The van der Waals surface area contributed by atoms with Gasteiger partial charge in [-0.15, -0.1) is 0 Å². The molecule has 63 heavy (non-hydrogen) atoms. The first-order valence-corrected chi connectivity index (χ1v) is 21.3. The Morgan fingerprint density at radius 3 is 1.81 bits per heavy atom. The lowest BCUT2D eigenvalue weighted by atomic mass is 10.0. The quantitative estimate of drug-likeness (QED) is 0.108. The van der Waals surface area contributed by atoms with Crippen LogP contribution in [0.25, 0.3) is 16.9 Å². The number of carbonyl (C=O) groups is 3. The number of anilines is 1. The van der Waals surface area contributed by atoms with E-state index >= 15 is 0 Å². The van der Waals surface area contributed by atoms with E-state index in [9.17, 15) is 28.3 Å². The zero-order valence-electron chi connectivity index (χ0n) is 35.6. The van der Waals surface area contributed by atoms with Crippen molar-refractivity contribution in [1.29, 1.82) is 0 Å². The van der Waals surface area contributed by atoms with Crippen LogP contribution in [0.4, 0.5) is 14.5 Å². The van der Waals surface area contributed by atoms with Crippen LogP contribution in [0.3, 0.4) is 0 Å². The summed E-state index contributed by atoms with van der Waals surface area (Å²) in [6.07, 6.45) is 1.55. The zero-order chi connectivity index (χ0) is 45.5. The van der Waals surface area contributed by atoms with Gasteiger partial charge in [0.25, 0.3) is 0 Å². The van der Waals surface area contributed by atoms with Crippen molar-refractivity contribution >= 4 is 46.4 Å². The number of hydrogen-bond donors (Lipinski definition) is 1. The number of morpholine rings is 1. The minimum Gasteiger partial charge on any atom is -0.488 e. The molecule has 0 spiro atoms. The van der Waals surface area contributed by atoms with E-state index < -0.39 is 5.97 Å². The Balaban J connectivity index is 0.000000247. The standard InChI is InChI=1S/C29H26ClFN2O4.C18H16ClFO3.C3H8/c1-19-2-8-27(26-16-22(30)5-9-28(26)37-18-20-3-6-23(31)7-4-20)33(19)25-15-21(29(34)35)14-24(17-25)32-10-12-36-13-11-32;1-12(21)2-8-17(22)16-10-14(19)5-9-18(16)23-11-13-3-6-15(20)7-4-13;1-3-2/h2-9,14-17H,10-13,18H2,1H3,(H,34,35);3-7,9-10H,2,8,11H2,1H3;3H2,1-2H3. The molecule has 9 nitrogen and oxygen atoms in total. The third-order valence-corrected chi connectivity index (χ3v) is 10.1. The number of Topliss-reactive ketones (excluding diaryl/α,β-unsaturated/α-hetero) is 2. The minimum absolute atomic E-state index is 0.0471. The summed E-state index contributed by atoms with van der Waals surface area (Å²) < 4.78 is 45.5. The second-order valence-electron chi connectivity index (χ2n) is 14.8. The molecule has 5 aromatic carbocycles. The van der Waals surface area contributed by atoms with E-state index in [0.29, 0.717) is 53.4 Å². The highest BCUT2D eigenvalue weighted by Crippen LogP contribution is 2.37. The molecule has 0 atom stereocenters. The number of nitrogens with zero attached hydrogens (tertiary/aromatic N) is 2. The van der Waals surface area contributed by atoms with E-state index in [1.54, 1.807) is 60.7 Å². The average Bonchev–Trinajstić information content (AvgIpc) is 3.67. The zero-order valence-corrected chi connectivity index (χ0v) is 37.1. The number of rotatable bonds is 14. The van der Waals surface area contributed by atoms with E-state index in [4.69, 9.17) is 37.4 Å². The Labute approximate surface area is 376 Å². The highest BCUT2D eigenvalue weighted by molar-refractivity contribution is 6.31. The lowest BCUT2D eigenvalue weighted by Gasteiger charge is -2.29. The van der Waals surface area contributed by atoms with Crippen molar-refractivity contribution in [3.8, 4) is 28.4 Å². The van der Waals surface area contributed by atoms with Crippen LogP contribution in [-0.4, -0.2) is 53.5 Å². The second kappa shape index (κ2) is 23.4. The molecule has 7 rings (SSSR count). The van der Waals surface area contributed by atoms with Crippen molar-refractivity contribution in [2.45, 2.75) is 60.2 Å². The highest BCUT2D eigenvalue weighted by atomic mass is 35.5. The van der Waals surface area contributed by atoms with Gasteiger partial charge in [-0.2, -0.15) is 0 Å². The fraction of sp³-hybridized carbons (Fsp3) is 0.260. The molecule has 0 unspecified atom stereocenters. The first kappa shape index (κ1) is 48.0. The van der Waals surface area contributed by atoms with E-state index in [1.807, 2.05) is 35.8 Å². The van der Waals surface area contributed by atoms with Gasteiger partial charge in [0.05, 0.1) is 30.0 Å². The summed E-state index contributed by atoms with van der Waals surface area (Å²) in [5, 5.41) is 10.8. The van der Waals surface area contributed by atoms with Gasteiger partial charge < -0.3 is 33.6 Å². The maximum atomic E-state index is 13.3. The van der Waals surface area contributed by atoms with Crippen molar-refractivity contribution in [3.63, 3.8) is 0 Å². The van der Waals surface area contributed by atoms with Gasteiger partial charge in [-0.1, -0.05) is 67.7 Å². The summed E-state index contributed by atoms with van der Waals surface area (Å²) in [4.78, 5) is 37.4. The van der Waals surface area contributed by atoms with Crippen LogP contribution in [0.15, 0.2) is 115 Å². The maximum absolute atomic E-state index is 13.3. The van der Waals surface area contributed by atoms with E-state index in [-0.39, 0.29) is 54.8 Å². The van der Waals surface area contributed by atoms with Crippen molar-refractivity contribution < 1.29 is 42.5 Å².